The molecule has 0 aromatic heterocycles. The fraction of sp³-hybridized carbons (Fsp3) is 0.727. The lowest BCUT2D eigenvalue weighted by Crippen LogP contribution is -2.61. The number of piperazine rings is 1. The minimum Gasteiger partial charge on any atom is -0.321 e. The van der Waals surface area contributed by atoms with E-state index in [2.05, 4.69) is 5.32 Å². The number of nitrogens with one attached hydrogen (secondary N) is 1. The fourth-order valence-corrected chi connectivity index (χ4v) is 1.85. The smallest absolute Gasteiger partial charge is 0.249 e. The van der Waals surface area contributed by atoms with Crippen LogP contribution in [0.15, 0.2) is 0 Å². The number of hydrogen-bond acceptors (Lipinski definition) is 3. The van der Waals surface area contributed by atoms with Gasteiger partial charge in [0.15, 0.2) is 0 Å². The fourth-order valence-electron chi connectivity index (χ4n) is 1.73. The van der Waals surface area contributed by atoms with Gasteiger partial charge in [-0.05, 0) is 20.3 Å². The van der Waals surface area contributed by atoms with Crippen molar-refractivity contribution >= 4 is 29.3 Å². The largest absolute Gasteiger partial charge is 0.321 e. The lowest BCUT2D eigenvalue weighted by atomic mass is 9.92. The molecule has 0 aromatic carbocycles. The van der Waals surface area contributed by atoms with E-state index >= 15 is 0 Å². The Morgan fingerprint density at radius 1 is 1.53 bits per heavy atom. The molecule has 0 spiro atoms. The highest BCUT2D eigenvalue weighted by molar-refractivity contribution is 6.20. The Bertz CT molecular complexity index is 355. The second-order valence-electron chi connectivity index (χ2n) is 4.79. The summed E-state index contributed by atoms with van der Waals surface area (Å²) in [6.07, 6.45) is 0.475. The number of halogens is 1. The normalized spacial score (nSPS) is 21.4. The SMILES string of the molecule is CCC1C(=O)NC(=O)CN1C(=O)C(C)(C)CCl. The van der Waals surface area contributed by atoms with E-state index in [0.717, 1.165) is 0 Å². The molecule has 5 nitrogen and oxygen atoms in total. The van der Waals surface area contributed by atoms with Crippen molar-refractivity contribution in [3.05, 3.63) is 0 Å². The van der Waals surface area contributed by atoms with E-state index in [9.17, 15) is 14.4 Å². The highest BCUT2D eigenvalue weighted by atomic mass is 35.5. The summed E-state index contributed by atoms with van der Waals surface area (Å²) < 4.78 is 0. The maximum Gasteiger partial charge on any atom is 0.249 e. The van der Waals surface area contributed by atoms with Gasteiger partial charge < -0.3 is 4.90 Å². The minimum absolute atomic E-state index is 0.0800. The number of amides is 3. The lowest BCUT2D eigenvalue weighted by molar-refractivity contribution is -0.154. The number of carbonyl (C=O) groups excluding carboxylic acids is 3. The highest BCUT2D eigenvalue weighted by Gasteiger charge is 2.40. The van der Waals surface area contributed by atoms with Gasteiger partial charge in [-0.25, -0.2) is 0 Å². The molecular formula is C11H17ClN2O3. The van der Waals surface area contributed by atoms with Gasteiger partial charge in [0.2, 0.25) is 17.7 Å². The summed E-state index contributed by atoms with van der Waals surface area (Å²) >= 11 is 5.74. The van der Waals surface area contributed by atoms with Crippen LogP contribution in [0.25, 0.3) is 0 Å². The summed E-state index contributed by atoms with van der Waals surface area (Å²) in [5.41, 5.74) is -0.771. The number of nitrogens with zero attached hydrogens (tertiary/aromatic N) is 1. The van der Waals surface area contributed by atoms with Crippen LogP contribution in [0, 0.1) is 5.41 Å². The van der Waals surface area contributed by atoms with Crippen LogP contribution in [0.3, 0.4) is 0 Å². The van der Waals surface area contributed by atoms with Gasteiger partial charge in [0.25, 0.3) is 0 Å². The third kappa shape index (κ3) is 2.77. The van der Waals surface area contributed by atoms with Crippen LogP contribution >= 0.6 is 11.6 Å². The standard InChI is InChI=1S/C11H17ClN2O3/c1-4-7-9(16)13-8(15)5-14(7)10(17)11(2,3)6-12/h7H,4-6H2,1-3H3,(H,13,15,16). The Kier molecular flexibility index (Phi) is 4.14. The molecule has 0 bridgehead atoms. The van der Waals surface area contributed by atoms with Crippen molar-refractivity contribution in [1.29, 1.82) is 0 Å². The van der Waals surface area contributed by atoms with Gasteiger partial charge in [-0.2, -0.15) is 0 Å². The van der Waals surface area contributed by atoms with Gasteiger partial charge in [0, 0.05) is 5.88 Å². The summed E-state index contributed by atoms with van der Waals surface area (Å²) in [6, 6.07) is -0.581. The third-order valence-electron chi connectivity index (χ3n) is 2.82. The zero-order valence-corrected chi connectivity index (χ0v) is 11.0. The van der Waals surface area contributed by atoms with Gasteiger partial charge >= 0.3 is 0 Å². The second-order valence-corrected chi connectivity index (χ2v) is 5.05. The average molecular weight is 261 g/mol. The van der Waals surface area contributed by atoms with Gasteiger partial charge in [0.05, 0.1) is 5.41 Å². The van der Waals surface area contributed by atoms with Crippen molar-refractivity contribution in [2.45, 2.75) is 33.2 Å². The molecule has 1 atom stereocenters. The van der Waals surface area contributed by atoms with Crippen molar-refractivity contribution in [3.8, 4) is 0 Å². The van der Waals surface area contributed by atoms with Crippen LogP contribution < -0.4 is 5.32 Å². The molecule has 3 amide bonds. The monoisotopic (exact) mass is 260 g/mol. The number of imide groups is 1. The molecule has 1 saturated heterocycles. The molecule has 0 radical (unpaired) electrons. The summed E-state index contributed by atoms with van der Waals surface area (Å²) in [7, 11) is 0. The molecule has 1 aliphatic heterocycles. The number of alkyl halides is 1. The van der Waals surface area contributed by atoms with E-state index in [1.54, 1.807) is 20.8 Å². The van der Waals surface area contributed by atoms with Crippen molar-refractivity contribution in [1.82, 2.24) is 10.2 Å². The van der Waals surface area contributed by atoms with E-state index in [4.69, 9.17) is 11.6 Å². The second kappa shape index (κ2) is 5.04. The van der Waals surface area contributed by atoms with Crippen LogP contribution in [-0.4, -0.2) is 41.1 Å². The van der Waals surface area contributed by atoms with Crippen LogP contribution in [0.4, 0.5) is 0 Å². The lowest BCUT2D eigenvalue weighted by Gasteiger charge is -2.37. The molecule has 0 aliphatic carbocycles. The topological polar surface area (TPSA) is 66.5 Å². The molecule has 1 fully saturated rings. The molecule has 1 heterocycles. The summed E-state index contributed by atoms with van der Waals surface area (Å²) in [6.45, 7) is 5.12. The Morgan fingerprint density at radius 2 is 2.12 bits per heavy atom. The van der Waals surface area contributed by atoms with Crippen molar-refractivity contribution < 1.29 is 14.4 Å². The molecule has 1 rings (SSSR count). The van der Waals surface area contributed by atoms with Gasteiger partial charge in [0.1, 0.15) is 12.6 Å². The molecule has 1 N–H and O–H groups in total. The maximum atomic E-state index is 12.2. The molecule has 1 aliphatic rings. The molecule has 96 valence electrons. The summed E-state index contributed by atoms with van der Waals surface area (Å²) in [4.78, 5) is 36.5. The number of rotatable bonds is 3. The molecule has 17 heavy (non-hydrogen) atoms. The van der Waals surface area contributed by atoms with Gasteiger partial charge in [-0.3, -0.25) is 19.7 Å². The first-order valence-corrected chi connectivity index (χ1v) is 6.07. The van der Waals surface area contributed by atoms with Crippen LogP contribution in [-0.2, 0) is 14.4 Å². The predicted octanol–water partition coefficient (Wildman–Crippen LogP) is 0.515. The Hall–Kier alpha value is -1.10. The Labute approximate surface area is 105 Å². The molecule has 0 aromatic rings. The van der Waals surface area contributed by atoms with E-state index in [0.29, 0.717) is 6.42 Å². The predicted molar refractivity (Wildman–Crippen MR) is 63.4 cm³/mol. The van der Waals surface area contributed by atoms with Crippen molar-refractivity contribution in [2.24, 2.45) is 5.41 Å². The molecule has 6 heteroatoms. The van der Waals surface area contributed by atoms with E-state index in [1.807, 2.05) is 0 Å². The number of hydrogen-bond donors (Lipinski definition) is 1. The Morgan fingerprint density at radius 3 is 2.59 bits per heavy atom. The maximum absolute atomic E-state index is 12.2. The van der Waals surface area contributed by atoms with Gasteiger partial charge in [-0.15, -0.1) is 11.6 Å². The van der Waals surface area contributed by atoms with Crippen molar-refractivity contribution in [3.63, 3.8) is 0 Å². The number of carbonyl (C=O) groups is 3. The van der Waals surface area contributed by atoms with Crippen LogP contribution in [0.1, 0.15) is 27.2 Å². The van der Waals surface area contributed by atoms with Crippen LogP contribution in [0.5, 0.6) is 0 Å². The molecule has 1 unspecified atom stereocenters. The Balaban J connectivity index is 2.96. The quantitative estimate of drug-likeness (QED) is 0.594. The van der Waals surface area contributed by atoms with Crippen molar-refractivity contribution in [2.75, 3.05) is 12.4 Å². The first kappa shape index (κ1) is 14.0. The molecule has 0 saturated carbocycles. The zero-order valence-electron chi connectivity index (χ0n) is 10.2. The van der Waals surface area contributed by atoms with E-state index in [-0.39, 0.29) is 18.3 Å². The first-order valence-electron chi connectivity index (χ1n) is 5.54. The summed E-state index contributed by atoms with van der Waals surface area (Å²) in [5.74, 6) is -0.974. The minimum atomic E-state index is -0.771. The highest BCUT2D eigenvalue weighted by Crippen LogP contribution is 2.23. The van der Waals surface area contributed by atoms with E-state index < -0.39 is 23.3 Å². The average Bonchev–Trinajstić information content (AvgIpc) is 2.27. The third-order valence-corrected chi connectivity index (χ3v) is 3.48. The zero-order chi connectivity index (χ0) is 13.2. The summed E-state index contributed by atoms with van der Waals surface area (Å²) in [5, 5.41) is 2.23. The van der Waals surface area contributed by atoms with Crippen LogP contribution in [0.2, 0.25) is 0 Å². The van der Waals surface area contributed by atoms with Gasteiger partial charge in [-0.1, -0.05) is 6.92 Å². The molecular weight excluding hydrogens is 244 g/mol. The van der Waals surface area contributed by atoms with E-state index in [1.165, 1.54) is 4.90 Å². The first-order chi connectivity index (χ1) is 7.83.